The number of hydrogen-bond donors (Lipinski definition) is 2. The number of aromatic carboxylic acids is 1. The number of rotatable bonds is 3. The van der Waals surface area contributed by atoms with Gasteiger partial charge in [0.05, 0.1) is 11.8 Å². The monoisotopic (exact) mass is 266 g/mol. The van der Waals surface area contributed by atoms with Crippen LogP contribution in [0, 0.1) is 0 Å². The Labute approximate surface area is 106 Å². The molecule has 0 saturated heterocycles. The van der Waals surface area contributed by atoms with E-state index in [2.05, 4.69) is 10.3 Å². The van der Waals surface area contributed by atoms with Gasteiger partial charge in [0.15, 0.2) is 0 Å². The molecule has 0 saturated carbocycles. The number of anilines is 1. The number of amides is 1. The smallest absolute Gasteiger partial charge is 0.339 e. The Morgan fingerprint density at radius 1 is 1.33 bits per heavy atom. The highest BCUT2D eigenvalue weighted by molar-refractivity contribution is 6.32. The molecule has 1 amide bonds. The second kappa shape index (κ2) is 4.89. The number of carbonyl (C=O) groups is 2. The van der Waals surface area contributed by atoms with E-state index in [1.165, 1.54) is 30.7 Å². The van der Waals surface area contributed by atoms with Gasteiger partial charge in [-0.1, -0.05) is 0 Å². The zero-order valence-electron chi connectivity index (χ0n) is 8.88. The second-order valence-electron chi connectivity index (χ2n) is 3.27. The van der Waals surface area contributed by atoms with Crippen molar-refractivity contribution in [1.82, 2.24) is 4.98 Å². The van der Waals surface area contributed by atoms with Crippen molar-refractivity contribution in [2.45, 2.75) is 0 Å². The van der Waals surface area contributed by atoms with Crippen LogP contribution in [0.1, 0.15) is 20.7 Å². The lowest BCUT2D eigenvalue weighted by atomic mass is 10.2. The van der Waals surface area contributed by atoms with Crippen LogP contribution in [0.2, 0.25) is 5.22 Å². The summed E-state index contributed by atoms with van der Waals surface area (Å²) in [4.78, 5) is 26.5. The Kier molecular flexibility index (Phi) is 3.29. The highest BCUT2D eigenvalue weighted by atomic mass is 35.5. The topological polar surface area (TPSA) is 92.4 Å². The molecule has 2 N–H and O–H groups in total. The van der Waals surface area contributed by atoms with Gasteiger partial charge in [-0.05, 0) is 29.8 Å². The molecule has 2 aromatic heterocycles. The zero-order chi connectivity index (χ0) is 13.1. The van der Waals surface area contributed by atoms with Gasteiger partial charge in [0.2, 0.25) is 5.22 Å². The van der Waals surface area contributed by atoms with Crippen LogP contribution in [0.4, 0.5) is 5.82 Å². The molecule has 0 aliphatic carbocycles. The van der Waals surface area contributed by atoms with Gasteiger partial charge >= 0.3 is 5.97 Å². The van der Waals surface area contributed by atoms with Crippen LogP contribution in [0.5, 0.6) is 0 Å². The fourth-order valence-electron chi connectivity index (χ4n) is 1.31. The van der Waals surface area contributed by atoms with Gasteiger partial charge in [0, 0.05) is 6.20 Å². The summed E-state index contributed by atoms with van der Waals surface area (Å²) < 4.78 is 4.77. The molecule has 0 unspecified atom stereocenters. The van der Waals surface area contributed by atoms with Crippen molar-refractivity contribution in [3.05, 3.63) is 47.0 Å². The highest BCUT2D eigenvalue weighted by Gasteiger charge is 2.17. The number of furan rings is 1. The first kappa shape index (κ1) is 12.1. The van der Waals surface area contributed by atoms with E-state index in [1.807, 2.05) is 0 Å². The van der Waals surface area contributed by atoms with Crippen molar-refractivity contribution in [2.75, 3.05) is 5.32 Å². The summed E-state index contributed by atoms with van der Waals surface area (Å²) in [5.74, 6) is -1.82. The lowest BCUT2D eigenvalue weighted by Crippen LogP contribution is -2.15. The van der Waals surface area contributed by atoms with E-state index in [0.717, 1.165) is 0 Å². The summed E-state index contributed by atoms with van der Waals surface area (Å²) in [6, 6.07) is 4.17. The van der Waals surface area contributed by atoms with Crippen molar-refractivity contribution >= 4 is 29.3 Å². The maximum Gasteiger partial charge on any atom is 0.339 e. The van der Waals surface area contributed by atoms with Crippen LogP contribution in [-0.4, -0.2) is 22.0 Å². The number of pyridine rings is 1. The third kappa shape index (κ3) is 2.33. The van der Waals surface area contributed by atoms with Crippen LogP contribution < -0.4 is 5.32 Å². The quantitative estimate of drug-likeness (QED) is 0.889. The lowest BCUT2D eigenvalue weighted by molar-refractivity contribution is 0.0697. The summed E-state index contributed by atoms with van der Waals surface area (Å²) in [5.41, 5.74) is 0.00382. The van der Waals surface area contributed by atoms with E-state index in [4.69, 9.17) is 21.1 Å². The Morgan fingerprint density at radius 2 is 2.11 bits per heavy atom. The summed E-state index contributed by atoms with van der Waals surface area (Å²) in [7, 11) is 0. The minimum absolute atomic E-state index is 0.0488. The number of carbonyl (C=O) groups excluding carboxylic acids is 1. The molecule has 2 heterocycles. The lowest BCUT2D eigenvalue weighted by Gasteiger charge is -2.05. The van der Waals surface area contributed by atoms with Gasteiger partial charge in [-0.25, -0.2) is 9.78 Å². The van der Waals surface area contributed by atoms with Gasteiger partial charge in [-0.3, -0.25) is 4.79 Å². The highest BCUT2D eigenvalue weighted by Crippen LogP contribution is 2.19. The van der Waals surface area contributed by atoms with E-state index in [9.17, 15) is 9.59 Å². The van der Waals surface area contributed by atoms with E-state index in [1.54, 1.807) is 0 Å². The molecule has 0 aliphatic heterocycles. The Bertz CT molecular complexity index is 609. The van der Waals surface area contributed by atoms with Crippen molar-refractivity contribution < 1.29 is 19.1 Å². The number of carboxylic acids is 1. The van der Waals surface area contributed by atoms with Crippen LogP contribution in [0.15, 0.2) is 35.1 Å². The number of carboxylic acid groups (broad SMARTS) is 1. The van der Waals surface area contributed by atoms with E-state index in [0.29, 0.717) is 0 Å². The minimum Gasteiger partial charge on any atom is -0.478 e. The molecule has 0 bridgehead atoms. The van der Waals surface area contributed by atoms with Crippen LogP contribution in [-0.2, 0) is 0 Å². The average Bonchev–Trinajstić information content (AvgIpc) is 2.76. The molecule has 2 rings (SSSR count). The molecule has 2 aromatic rings. The minimum atomic E-state index is -1.18. The molecule has 0 atom stereocenters. The predicted octanol–water partition coefficient (Wildman–Crippen LogP) is 2.28. The number of halogens is 1. The van der Waals surface area contributed by atoms with E-state index in [-0.39, 0.29) is 22.2 Å². The number of aromatic nitrogens is 1. The zero-order valence-corrected chi connectivity index (χ0v) is 9.64. The molecule has 0 fully saturated rings. The summed E-state index contributed by atoms with van der Waals surface area (Å²) in [6.45, 7) is 0. The molecule has 18 heavy (non-hydrogen) atoms. The maximum absolute atomic E-state index is 11.8. The standard InChI is InChI=1S/C11H7ClN2O4/c12-8-6(3-5-18-8)10(15)14-9-7(11(16)17)2-1-4-13-9/h1-5H,(H,16,17)(H,13,14,15). The fraction of sp³-hybridized carbons (Fsp3) is 0. The average molecular weight is 267 g/mol. The molecule has 7 heteroatoms. The fourth-order valence-corrected chi connectivity index (χ4v) is 1.51. The molecule has 92 valence electrons. The molecular formula is C11H7ClN2O4. The summed E-state index contributed by atoms with van der Waals surface area (Å²) >= 11 is 5.64. The van der Waals surface area contributed by atoms with Crippen molar-refractivity contribution in [2.24, 2.45) is 0 Å². The summed E-state index contributed by atoms with van der Waals surface area (Å²) in [6.07, 6.45) is 2.63. The largest absolute Gasteiger partial charge is 0.478 e. The second-order valence-corrected chi connectivity index (χ2v) is 3.61. The Hall–Kier alpha value is -2.34. The number of nitrogens with one attached hydrogen (secondary N) is 1. The van der Waals surface area contributed by atoms with Gasteiger partial charge in [0.1, 0.15) is 11.4 Å². The molecule has 0 aliphatic rings. The number of hydrogen-bond acceptors (Lipinski definition) is 4. The van der Waals surface area contributed by atoms with Crippen molar-refractivity contribution in [3.63, 3.8) is 0 Å². The maximum atomic E-state index is 11.8. The SMILES string of the molecule is O=C(O)c1cccnc1NC(=O)c1ccoc1Cl. The Balaban J connectivity index is 2.28. The third-order valence-electron chi connectivity index (χ3n) is 2.13. The first-order chi connectivity index (χ1) is 8.59. The van der Waals surface area contributed by atoms with Crippen LogP contribution >= 0.6 is 11.6 Å². The van der Waals surface area contributed by atoms with Gasteiger partial charge in [0.25, 0.3) is 5.91 Å². The molecule has 6 nitrogen and oxygen atoms in total. The van der Waals surface area contributed by atoms with Gasteiger partial charge < -0.3 is 14.8 Å². The third-order valence-corrected chi connectivity index (χ3v) is 2.43. The first-order valence-corrected chi connectivity index (χ1v) is 5.20. The van der Waals surface area contributed by atoms with E-state index >= 15 is 0 Å². The van der Waals surface area contributed by atoms with Crippen LogP contribution in [0.3, 0.4) is 0 Å². The number of nitrogens with zero attached hydrogens (tertiary/aromatic N) is 1. The van der Waals surface area contributed by atoms with Gasteiger partial charge in [-0.2, -0.15) is 0 Å². The molecule has 0 spiro atoms. The Morgan fingerprint density at radius 3 is 2.72 bits per heavy atom. The molecular weight excluding hydrogens is 260 g/mol. The molecule has 0 radical (unpaired) electrons. The summed E-state index contributed by atoms with van der Waals surface area (Å²) in [5, 5.41) is 11.2. The first-order valence-electron chi connectivity index (χ1n) is 4.82. The van der Waals surface area contributed by atoms with Crippen LogP contribution in [0.25, 0.3) is 0 Å². The molecule has 0 aromatic carbocycles. The normalized spacial score (nSPS) is 10.1. The van der Waals surface area contributed by atoms with Crippen molar-refractivity contribution in [3.8, 4) is 0 Å². The van der Waals surface area contributed by atoms with Crippen molar-refractivity contribution in [1.29, 1.82) is 0 Å². The van der Waals surface area contributed by atoms with Gasteiger partial charge in [-0.15, -0.1) is 0 Å². The predicted molar refractivity (Wildman–Crippen MR) is 62.9 cm³/mol. The van der Waals surface area contributed by atoms with E-state index < -0.39 is 11.9 Å².